The van der Waals surface area contributed by atoms with Crippen LogP contribution in [0.25, 0.3) is 0 Å². The molecule has 1 aromatic heterocycles. The van der Waals surface area contributed by atoms with Crippen LogP contribution >= 0.6 is 38.9 Å². The van der Waals surface area contributed by atoms with Gasteiger partial charge in [0.25, 0.3) is 0 Å². The van der Waals surface area contributed by atoms with Gasteiger partial charge in [-0.1, -0.05) is 23.7 Å². The second-order valence-electron chi connectivity index (χ2n) is 4.28. The van der Waals surface area contributed by atoms with E-state index in [1.807, 2.05) is 0 Å². The summed E-state index contributed by atoms with van der Waals surface area (Å²) >= 11 is 10.7. The molecule has 2 rings (SSSR count). The van der Waals surface area contributed by atoms with Crippen molar-refractivity contribution < 1.29 is 13.2 Å². The summed E-state index contributed by atoms with van der Waals surface area (Å²) in [6.07, 6.45) is -3.85. The number of hydrogen-bond donors (Lipinski definition) is 1. The molecular weight excluding hydrogens is 375 g/mol. The maximum absolute atomic E-state index is 12.5. The van der Waals surface area contributed by atoms with Crippen molar-refractivity contribution in [2.45, 2.75) is 18.6 Å². The van der Waals surface area contributed by atoms with Gasteiger partial charge in [0.05, 0.1) is 14.4 Å². The molecule has 1 atom stereocenters. The zero-order valence-corrected chi connectivity index (χ0v) is 13.2. The molecule has 0 radical (unpaired) electrons. The first-order valence-corrected chi connectivity index (χ1v) is 7.62. The van der Waals surface area contributed by atoms with Crippen LogP contribution in [-0.4, -0.2) is 0 Å². The highest BCUT2D eigenvalue weighted by molar-refractivity contribution is 9.11. The van der Waals surface area contributed by atoms with E-state index in [4.69, 9.17) is 17.3 Å². The van der Waals surface area contributed by atoms with Gasteiger partial charge in [-0.05, 0) is 46.1 Å². The first-order chi connectivity index (χ1) is 9.27. The summed E-state index contributed by atoms with van der Waals surface area (Å²) in [6, 6.07) is 6.52. The third kappa shape index (κ3) is 3.75. The Morgan fingerprint density at radius 1 is 1.25 bits per heavy atom. The number of thiophene rings is 1. The molecule has 1 unspecified atom stereocenters. The molecule has 0 aliphatic rings. The van der Waals surface area contributed by atoms with Crippen molar-refractivity contribution in [3.05, 3.63) is 55.1 Å². The summed E-state index contributed by atoms with van der Waals surface area (Å²) in [6.45, 7) is 0. The molecular formula is C13H10BrClF3NS. The van der Waals surface area contributed by atoms with Crippen molar-refractivity contribution >= 4 is 38.9 Å². The Bertz CT molecular complexity index is 575. The normalized spacial score (nSPS) is 13.5. The Morgan fingerprint density at radius 2 is 1.85 bits per heavy atom. The van der Waals surface area contributed by atoms with Gasteiger partial charge in [-0.25, -0.2) is 0 Å². The highest BCUT2D eigenvalue weighted by atomic mass is 79.9. The van der Waals surface area contributed by atoms with Crippen LogP contribution in [0.4, 0.5) is 13.2 Å². The van der Waals surface area contributed by atoms with Crippen molar-refractivity contribution in [1.29, 1.82) is 0 Å². The van der Waals surface area contributed by atoms with Gasteiger partial charge in [0.1, 0.15) is 0 Å². The molecule has 20 heavy (non-hydrogen) atoms. The second-order valence-corrected chi connectivity index (χ2v) is 7.08. The topological polar surface area (TPSA) is 26.0 Å². The quantitative estimate of drug-likeness (QED) is 0.751. The zero-order valence-electron chi connectivity index (χ0n) is 10.0. The molecule has 1 nitrogen and oxygen atoms in total. The number of rotatable bonds is 3. The third-order valence-corrected chi connectivity index (χ3v) is 5.37. The minimum absolute atomic E-state index is 0.291. The van der Waals surface area contributed by atoms with E-state index < -0.39 is 11.7 Å². The molecule has 0 spiro atoms. The lowest BCUT2D eigenvalue weighted by atomic mass is 10.0. The fourth-order valence-electron chi connectivity index (χ4n) is 1.73. The first-order valence-electron chi connectivity index (χ1n) is 5.64. The molecule has 2 aromatic rings. The van der Waals surface area contributed by atoms with E-state index >= 15 is 0 Å². The largest absolute Gasteiger partial charge is 0.416 e. The molecule has 0 amide bonds. The molecule has 0 aliphatic carbocycles. The smallest absolute Gasteiger partial charge is 0.323 e. The highest BCUT2D eigenvalue weighted by Gasteiger charge is 2.30. The first kappa shape index (κ1) is 15.8. The van der Waals surface area contributed by atoms with Crippen molar-refractivity contribution in [3.63, 3.8) is 0 Å². The zero-order chi connectivity index (χ0) is 14.9. The van der Waals surface area contributed by atoms with Crippen LogP contribution in [-0.2, 0) is 12.6 Å². The predicted molar refractivity (Wildman–Crippen MR) is 79.1 cm³/mol. The van der Waals surface area contributed by atoms with Gasteiger partial charge < -0.3 is 5.73 Å². The van der Waals surface area contributed by atoms with E-state index in [0.717, 1.165) is 26.4 Å². The average Bonchev–Trinajstić information content (AvgIpc) is 2.69. The third-order valence-electron chi connectivity index (χ3n) is 2.77. The highest BCUT2D eigenvalue weighted by Crippen LogP contribution is 2.35. The minimum atomic E-state index is -4.31. The van der Waals surface area contributed by atoms with Gasteiger partial charge in [0.15, 0.2) is 0 Å². The van der Waals surface area contributed by atoms with Crippen LogP contribution in [0.3, 0.4) is 0 Å². The van der Waals surface area contributed by atoms with Crippen LogP contribution in [0.2, 0.25) is 5.02 Å². The number of halogens is 5. The van der Waals surface area contributed by atoms with Crippen molar-refractivity contribution in [2.24, 2.45) is 5.73 Å². The summed E-state index contributed by atoms with van der Waals surface area (Å²) < 4.78 is 38.2. The van der Waals surface area contributed by atoms with E-state index in [1.54, 1.807) is 6.07 Å². The Kier molecular flexibility index (Phi) is 4.79. The van der Waals surface area contributed by atoms with Gasteiger partial charge in [-0.15, -0.1) is 11.3 Å². The Balaban J connectivity index is 2.10. The number of alkyl halides is 3. The molecule has 2 N–H and O–H groups in total. The van der Waals surface area contributed by atoms with Crippen molar-refractivity contribution in [2.75, 3.05) is 0 Å². The minimum Gasteiger partial charge on any atom is -0.323 e. The summed E-state index contributed by atoms with van der Waals surface area (Å²) in [5, 5.41) is 0.591. The van der Waals surface area contributed by atoms with Crippen molar-refractivity contribution in [3.8, 4) is 0 Å². The molecule has 1 heterocycles. The molecule has 0 fully saturated rings. The monoisotopic (exact) mass is 383 g/mol. The van der Waals surface area contributed by atoms with E-state index in [-0.39, 0.29) is 6.04 Å². The maximum atomic E-state index is 12.5. The number of benzene rings is 1. The van der Waals surface area contributed by atoms with Gasteiger partial charge in [0.2, 0.25) is 0 Å². The molecule has 0 saturated carbocycles. The van der Waals surface area contributed by atoms with E-state index in [2.05, 4.69) is 15.9 Å². The fraction of sp³-hybridized carbons (Fsp3) is 0.231. The molecule has 0 aliphatic heterocycles. The van der Waals surface area contributed by atoms with Crippen LogP contribution in [0.5, 0.6) is 0 Å². The average molecular weight is 385 g/mol. The Morgan fingerprint density at radius 3 is 2.30 bits per heavy atom. The van der Waals surface area contributed by atoms with Crippen LogP contribution in [0, 0.1) is 0 Å². The second kappa shape index (κ2) is 6.05. The Hall–Kier alpha value is -0.560. The molecule has 0 bridgehead atoms. The van der Waals surface area contributed by atoms with Crippen LogP contribution in [0.15, 0.2) is 34.1 Å². The Labute approximate surface area is 131 Å². The van der Waals surface area contributed by atoms with Crippen molar-refractivity contribution in [1.82, 2.24) is 0 Å². The van der Waals surface area contributed by atoms with Gasteiger partial charge >= 0.3 is 6.18 Å². The van der Waals surface area contributed by atoms with Gasteiger partial charge in [0, 0.05) is 10.9 Å². The molecule has 108 valence electrons. The standard InChI is InChI=1S/C13H10BrClF3NS/c14-12-9(15)6-11(20-12)10(19)5-7-1-3-8(4-2-7)13(16,17)18/h1-4,6,10H,5,19H2. The lowest BCUT2D eigenvalue weighted by Crippen LogP contribution is -2.12. The molecule has 0 saturated heterocycles. The lowest BCUT2D eigenvalue weighted by molar-refractivity contribution is -0.137. The van der Waals surface area contributed by atoms with Gasteiger partial charge in [-0.2, -0.15) is 13.2 Å². The molecule has 7 heteroatoms. The van der Waals surface area contributed by atoms with E-state index in [9.17, 15) is 13.2 Å². The predicted octanol–water partition coefficient (Wildman–Crippen LogP) is 5.43. The van der Waals surface area contributed by atoms with Crippen LogP contribution < -0.4 is 5.73 Å². The SMILES string of the molecule is NC(Cc1ccc(C(F)(F)F)cc1)c1cc(Cl)c(Br)s1. The fourth-order valence-corrected chi connectivity index (χ4v) is 3.48. The number of hydrogen-bond acceptors (Lipinski definition) is 2. The van der Waals surface area contributed by atoms with E-state index in [0.29, 0.717) is 11.4 Å². The summed E-state index contributed by atoms with van der Waals surface area (Å²) in [7, 11) is 0. The van der Waals surface area contributed by atoms with Crippen LogP contribution in [0.1, 0.15) is 22.0 Å². The summed E-state index contributed by atoms with van der Waals surface area (Å²) in [5.41, 5.74) is 6.14. The maximum Gasteiger partial charge on any atom is 0.416 e. The summed E-state index contributed by atoms with van der Waals surface area (Å²) in [5.74, 6) is 0. The summed E-state index contributed by atoms with van der Waals surface area (Å²) in [4.78, 5) is 0.891. The number of nitrogens with two attached hydrogens (primary N) is 1. The van der Waals surface area contributed by atoms with E-state index in [1.165, 1.54) is 23.5 Å². The molecule has 1 aromatic carbocycles. The lowest BCUT2D eigenvalue weighted by Gasteiger charge is -2.11. The van der Waals surface area contributed by atoms with Gasteiger partial charge in [-0.3, -0.25) is 0 Å².